The van der Waals surface area contributed by atoms with Crippen molar-refractivity contribution in [2.75, 3.05) is 0 Å². The molecule has 1 aromatic heterocycles. The number of nitrogens with zero attached hydrogens (tertiary/aromatic N) is 1. The molecule has 1 aromatic carbocycles. The number of hydrogen-bond donors (Lipinski definition) is 1. The van der Waals surface area contributed by atoms with E-state index < -0.39 is 11.6 Å². The molecule has 0 atom stereocenters. The zero-order valence-electron chi connectivity index (χ0n) is 13.0. The Bertz CT molecular complexity index is 652. The van der Waals surface area contributed by atoms with Crippen molar-refractivity contribution in [1.29, 1.82) is 0 Å². The van der Waals surface area contributed by atoms with Crippen molar-refractivity contribution in [3.63, 3.8) is 0 Å². The fourth-order valence-corrected chi connectivity index (χ4v) is 1.71. The SMILES string of the molecule is Cc1nc(-c2ccc(Cl)cc2)oc1COC(C)(C)C(=O)O.[Na+]. The molecule has 0 fully saturated rings. The van der Waals surface area contributed by atoms with Crippen molar-refractivity contribution in [1.82, 2.24) is 4.98 Å². The molecule has 0 amide bonds. The Kier molecular flexibility index (Phi) is 6.65. The summed E-state index contributed by atoms with van der Waals surface area (Å²) in [6.07, 6.45) is 0. The minimum atomic E-state index is -1.28. The molecule has 0 aliphatic heterocycles. The van der Waals surface area contributed by atoms with Gasteiger partial charge < -0.3 is 14.3 Å². The number of oxazole rings is 1. The minimum absolute atomic E-state index is 0. The first kappa shape index (κ1) is 19.2. The number of aliphatic carboxylic acids is 1. The maximum atomic E-state index is 11.0. The molecule has 0 radical (unpaired) electrons. The number of aromatic nitrogens is 1. The van der Waals surface area contributed by atoms with E-state index in [4.69, 9.17) is 25.9 Å². The number of halogens is 1. The third-order valence-corrected chi connectivity index (χ3v) is 3.31. The summed E-state index contributed by atoms with van der Waals surface area (Å²) >= 11 is 5.84. The zero-order valence-corrected chi connectivity index (χ0v) is 15.8. The molecule has 5 nitrogen and oxygen atoms in total. The van der Waals surface area contributed by atoms with Crippen molar-refractivity contribution < 1.29 is 48.6 Å². The Morgan fingerprint density at radius 3 is 2.50 bits per heavy atom. The van der Waals surface area contributed by atoms with Gasteiger partial charge in [-0.2, -0.15) is 0 Å². The number of carboxylic acid groups (broad SMARTS) is 1. The maximum absolute atomic E-state index is 11.0. The molecule has 112 valence electrons. The summed E-state index contributed by atoms with van der Waals surface area (Å²) < 4.78 is 11.0. The molecular weight excluding hydrogens is 317 g/mol. The standard InChI is InChI=1S/C15H16ClNO4.Na/c1-9-12(8-20-15(2,3)14(18)19)21-13(17-9)10-4-6-11(16)7-5-10;/h4-7H,8H2,1-3H3,(H,18,19);/q;+1. The summed E-state index contributed by atoms with van der Waals surface area (Å²) in [5.41, 5.74) is 0.187. The molecule has 0 saturated heterocycles. The van der Waals surface area contributed by atoms with Crippen molar-refractivity contribution in [3.8, 4) is 11.5 Å². The van der Waals surface area contributed by atoms with E-state index >= 15 is 0 Å². The van der Waals surface area contributed by atoms with Crippen molar-refractivity contribution in [2.45, 2.75) is 33.0 Å². The molecule has 1 N–H and O–H groups in total. The number of carbonyl (C=O) groups is 1. The van der Waals surface area contributed by atoms with E-state index in [0.29, 0.717) is 22.4 Å². The number of carboxylic acids is 1. The van der Waals surface area contributed by atoms with Crippen LogP contribution in [0.25, 0.3) is 11.5 Å². The smallest absolute Gasteiger partial charge is 0.479 e. The molecule has 0 aliphatic carbocycles. The van der Waals surface area contributed by atoms with Crippen LogP contribution in [-0.2, 0) is 16.1 Å². The molecule has 0 bridgehead atoms. The van der Waals surface area contributed by atoms with Gasteiger partial charge in [0.1, 0.15) is 6.61 Å². The maximum Gasteiger partial charge on any atom is 1.00 e. The molecule has 2 rings (SSSR count). The number of ether oxygens (including phenoxy) is 1. The van der Waals surface area contributed by atoms with Gasteiger partial charge in [0.15, 0.2) is 11.4 Å². The largest absolute Gasteiger partial charge is 1.00 e. The van der Waals surface area contributed by atoms with Gasteiger partial charge in [-0.3, -0.25) is 0 Å². The quantitative estimate of drug-likeness (QED) is 0.816. The van der Waals surface area contributed by atoms with Crippen LogP contribution >= 0.6 is 11.6 Å². The van der Waals surface area contributed by atoms with E-state index in [9.17, 15) is 4.79 Å². The molecular formula is C15H16ClNNaO4+. The number of hydrogen-bond acceptors (Lipinski definition) is 4. The van der Waals surface area contributed by atoms with Crippen LogP contribution in [0.4, 0.5) is 0 Å². The van der Waals surface area contributed by atoms with Gasteiger partial charge in [-0.05, 0) is 45.0 Å². The van der Waals surface area contributed by atoms with Crippen LogP contribution < -0.4 is 29.6 Å². The third kappa shape index (κ3) is 4.57. The Labute approximate surface area is 155 Å². The Morgan fingerprint density at radius 1 is 1.36 bits per heavy atom. The first-order valence-electron chi connectivity index (χ1n) is 6.39. The second-order valence-corrected chi connectivity index (χ2v) is 5.58. The van der Waals surface area contributed by atoms with E-state index in [-0.39, 0.29) is 36.2 Å². The first-order chi connectivity index (χ1) is 9.79. The summed E-state index contributed by atoms with van der Waals surface area (Å²) in [6.45, 7) is 4.81. The monoisotopic (exact) mass is 332 g/mol. The van der Waals surface area contributed by atoms with Gasteiger partial charge in [0.25, 0.3) is 0 Å². The van der Waals surface area contributed by atoms with Gasteiger partial charge >= 0.3 is 35.5 Å². The Hall–Kier alpha value is -0.850. The van der Waals surface area contributed by atoms with Crippen LogP contribution in [0.2, 0.25) is 5.02 Å². The summed E-state index contributed by atoms with van der Waals surface area (Å²) in [5, 5.41) is 9.65. The molecule has 0 aliphatic rings. The molecule has 1 heterocycles. The van der Waals surface area contributed by atoms with Gasteiger partial charge in [-0.25, -0.2) is 9.78 Å². The van der Waals surface area contributed by atoms with E-state index in [2.05, 4.69) is 4.98 Å². The van der Waals surface area contributed by atoms with E-state index in [1.54, 1.807) is 31.2 Å². The predicted octanol–water partition coefficient (Wildman–Crippen LogP) is 0.687. The second kappa shape index (κ2) is 7.62. The predicted molar refractivity (Wildman–Crippen MR) is 78.2 cm³/mol. The molecule has 0 unspecified atom stereocenters. The van der Waals surface area contributed by atoms with Crippen LogP contribution in [-0.4, -0.2) is 21.7 Å². The molecule has 22 heavy (non-hydrogen) atoms. The van der Waals surface area contributed by atoms with Crippen LogP contribution in [0.3, 0.4) is 0 Å². The minimum Gasteiger partial charge on any atom is -0.479 e. The average molecular weight is 333 g/mol. The summed E-state index contributed by atoms with van der Waals surface area (Å²) in [6, 6.07) is 7.11. The van der Waals surface area contributed by atoms with Gasteiger partial charge in [-0.1, -0.05) is 11.6 Å². The fraction of sp³-hybridized carbons (Fsp3) is 0.333. The number of benzene rings is 1. The molecule has 7 heteroatoms. The van der Waals surface area contributed by atoms with Gasteiger partial charge in [0.2, 0.25) is 5.89 Å². The van der Waals surface area contributed by atoms with Gasteiger partial charge in [-0.15, -0.1) is 0 Å². The van der Waals surface area contributed by atoms with E-state index in [1.165, 1.54) is 13.8 Å². The first-order valence-corrected chi connectivity index (χ1v) is 6.77. The average Bonchev–Trinajstić information content (AvgIpc) is 2.78. The fourth-order valence-electron chi connectivity index (χ4n) is 1.59. The molecule has 0 spiro atoms. The second-order valence-electron chi connectivity index (χ2n) is 5.14. The number of rotatable bonds is 5. The third-order valence-electron chi connectivity index (χ3n) is 3.06. The van der Waals surface area contributed by atoms with E-state index in [1.807, 2.05) is 0 Å². The summed E-state index contributed by atoms with van der Waals surface area (Å²) in [4.78, 5) is 15.3. The Balaban J connectivity index is 0.00000242. The van der Waals surface area contributed by atoms with Crippen LogP contribution in [0, 0.1) is 6.92 Å². The summed E-state index contributed by atoms with van der Waals surface area (Å²) in [7, 11) is 0. The normalized spacial score (nSPS) is 11.1. The van der Waals surface area contributed by atoms with Crippen LogP contribution in [0.5, 0.6) is 0 Å². The van der Waals surface area contributed by atoms with E-state index in [0.717, 1.165) is 5.56 Å². The van der Waals surface area contributed by atoms with Gasteiger partial charge in [0, 0.05) is 10.6 Å². The Morgan fingerprint density at radius 2 is 1.95 bits per heavy atom. The van der Waals surface area contributed by atoms with Gasteiger partial charge in [0.05, 0.1) is 5.69 Å². The summed E-state index contributed by atoms with van der Waals surface area (Å²) in [5.74, 6) is -0.0669. The van der Waals surface area contributed by atoms with Crippen molar-refractivity contribution >= 4 is 17.6 Å². The number of aryl methyl sites for hydroxylation is 1. The van der Waals surface area contributed by atoms with Crippen LogP contribution in [0.15, 0.2) is 28.7 Å². The van der Waals surface area contributed by atoms with Crippen molar-refractivity contribution in [2.24, 2.45) is 0 Å². The molecule has 0 saturated carbocycles. The van der Waals surface area contributed by atoms with Crippen molar-refractivity contribution in [3.05, 3.63) is 40.7 Å². The zero-order chi connectivity index (χ0) is 15.6. The molecule has 2 aromatic rings. The van der Waals surface area contributed by atoms with Crippen LogP contribution in [0.1, 0.15) is 25.3 Å². The topological polar surface area (TPSA) is 72.6 Å².